The molecule has 4 rings (SSSR count). The summed E-state index contributed by atoms with van der Waals surface area (Å²) >= 11 is 6.08. The summed E-state index contributed by atoms with van der Waals surface area (Å²) in [5, 5.41) is 11.0. The Kier molecular flexibility index (Phi) is 7.90. The van der Waals surface area contributed by atoms with Gasteiger partial charge in [0.2, 0.25) is 11.8 Å². The third-order valence-electron chi connectivity index (χ3n) is 5.68. The van der Waals surface area contributed by atoms with Gasteiger partial charge in [0.05, 0.1) is 10.5 Å². The van der Waals surface area contributed by atoms with Crippen molar-refractivity contribution >= 4 is 40.1 Å². The van der Waals surface area contributed by atoms with E-state index in [-0.39, 0.29) is 23.2 Å². The molecule has 2 amide bonds. The van der Waals surface area contributed by atoms with Gasteiger partial charge in [-0.2, -0.15) is 0 Å². The fourth-order valence-corrected chi connectivity index (χ4v) is 4.02. The third-order valence-corrected chi connectivity index (χ3v) is 5.97. The number of hydrogen-bond donors (Lipinski definition) is 1. The van der Waals surface area contributed by atoms with Crippen LogP contribution in [0.25, 0.3) is 11.0 Å². The molecule has 0 spiro atoms. The van der Waals surface area contributed by atoms with Gasteiger partial charge in [0, 0.05) is 30.2 Å². The summed E-state index contributed by atoms with van der Waals surface area (Å²) in [6.07, 6.45) is 3.88. The van der Waals surface area contributed by atoms with Crippen LogP contribution in [0.3, 0.4) is 0 Å². The zero-order chi connectivity index (χ0) is 25.7. The number of rotatable bonds is 9. The second-order valence-electron chi connectivity index (χ2n) is 8.76. The highest BCUT2D eigenvalue weighted by atomic mass is 35.5. The fraction of sp³-hybridized carbons (Fsp3) is 0.269. The minimum absolute atomic E-state index is 0.165. The SMILES string of the molecule is CC(C)CCNC(=O)[C@H](c1cccnc1)N(C(=O)Cn1nnc2ccccc21)c1ccc(F)c(Cl)c1. The second kappa shape index (κ2) is 11.3. The first-order chi connectivity index (χ1) is 17.3. The molecular weight excluding hydrogens is 483 g/mol. The average Bonchev–Trinajstić information content (AvgIpc) is 3.27. The lowest BCUT2D eigenvalue weighted by Gasteiger charge is -2.31. The number of carbonyl (C=O) groups is 2. The van der Waals surface area contributed by atoms with Crippen LogP contribution in [0.5, 0.6) is 0 Å². The van der Waals surface area contributed by atoms with Crippen LogP contribution in [0.15, 0.2) is 67.0 Å². The first-order valence-corrected chi connectivity index (χ1v) is 12.0. The molecule has 0 unspecified atom stereocenters. The van der Waals surface area contributed by atoms with Crippen LogP contribution in [0.2, 0.25) is 5.02 Å². The molecule has 2 aromatic carbocycles. The van der Waals surface area contributed by atoms with Crippen molar-refractivity contribution in [1.82, 2.24) is 25.3 Å². The summed E-state index contributed by atoms with van der Waals surface area (Å²) in [5.41, 5.74) is 2.07. The molecule has 1 N–H and O–H groups in total. The summed E-state index contributed by atoms with van der Waals surface area (Å²) in [6, 6.07) is 13.5. The average molecular weight is 509 g/mol. The quantitative estimate of drug-likeness (QED) is 0.358. The molecule has 0 saturated carbocycles. The highest BCUT2D eigenvalue weighted by Crippen LogP contribution is 2.31. The molecule has 0 aliphatic rings. The number of nitrogens with one attached hydrogen (secondary N) is 1. The number of aromatic nitrogens is 4. The smallest absolute Gasteiger partial charge is 0.249 e. The number of pyridine rings is 1. The van der Waals surface area contributed by atoms with E-state index in [9.17, 15) is 14.0 Å². The topological polar surface area (TPSA) is 93.0 Å². The van der Waals surface area contributed by atoms with E-state index < -0.39 is 17.8 Å². The van der Waals surface area contributed by atoms with Crippen molar-refractivity contribution in [1.29, 1.82) is 0 Å². The maximum Gasteiger partial charge on any atom is 0.249 e. The molecule has 0 saturated heterocycles. The van der Waals surface area contributed by atoms with Gasteiger partial charge in [0.25, 0.3) is 0 Å². The number of benzene rings is 2. The van der Waals surface area contributed by atoms with E-state index in [0.29, 0.717) is 29.1 Å². The van der Waals surface area contributed by atoms with Crippen molar-refractivity contribution in [3.05, 3.63) is 83.4 Å². The number of carbonyl (C=O) groups excluding carboxylic acids is 2. The summed E-state index contributed by atoms with van der Waals surface area (Å²) in [7, 11) is 0. The minimum atomic E-state index is -1.07. The van der Waals surface area contributed by atoms with Gasteiger partial charge in [-0.15, -0.1) is 5.10 Å². The van der Waals surface area contributed by atoms with Gasteiger partial charge in [0.1, 0.15) is 23.9 Å². The van der Waals surface area contributed by atoms with E-state index in [2.05, 4.69) is 34.5 Å². The van der Waals surface area contributed by atoms with Gasteiger partial charge < -0.3 is 5.32 Å². The van der Waals surface area contributed by atoms with Gasteiger partial charge in [-0.3, -0.25) is 19.5 Å². The van der Waals surface area contributed by atoms with Crippen LogP contribution < -0.4 is 10.2 Å². The zero-order valence-electron chi connectivity index (χ0n) is 19.9. The molecule has 2 aromatic heterocycles. The molecule has 0 bridgehead atoms. The molecule has 10 heteroatoms. The van der Waals surface area contributed by atoms with Crippen LogP contribution in [0.1, 0.15) is 31.9 Å². The molecule has 4 aromatic rings. The molecule has 2 heterocycles. The first kappa shape index (κ1) is 25.2. The molecular formula is C26H26ClFN6O2. The fourth-order valence-electron chi connectivity index (χ4n) is 3.85. The summed E-state index contributed by atoms with van der Waals surface area (Å²) in [5.74, 6) is -1.09. The van der Waals surface area contributed by atoms with Crippen molar-refractivity contribution in [2.24, 2.45) is 5.92 Å². The Bertz CT molecular complexity index is 1360. The number of fused-ring (bicyclic) bond motifs is 1. The maximum absolute atomic E-state index is 14.0. The standard InChI is InChI=1S/C26H26ClFN6O2/c1-17(2)11-13-30-26(36)25(18-6-5-12-29-15-18)34(19-9-10-21(28)20(27)14-19)24(35)16-33-23-8-4-3-7-22(23)31-32-33/h3-10,12,14-15,17,25H,11,13,16H2,1-2H3,(H,30,36)/t25-/m0/s1. The Hall–Kier alpha value is -3.85. The number of hydrogen-bond acceptors (Lipinski definition) is 5. The van der Waals surface area contributed by atoms with Crippen molar-refractivity contribution in [2.75, 3.05) is 11.4 Å². The predicted octanol–water partition coefficient (Wildman–Crippen LogP) is 4.56. The Labute approximate surface area is 213 Å². The highest BCUT2D eigenvalue weighted by molar-refractivity contribution is 6.31. The molecule has 186 valence electrons. The molecule has 0 aliphatic carbocycles. The minimum Gasteiger partial charge on any atom is -0.354 e. The molecule has 36 heavy (non-hydrogen) atoms. The Morgan fingerprint density at radius 3 is 2.67 bits per heavy atom. The lowest BCUT2D eigenvalue weighted by Crippen LogP contribution is -2.45. The number of amides is 2. The zero-order valence-corrected chi connectivity index (χ0v) is 20.7. The third kappa shape index (κ3) is 5.68. The van der Waals surface area contributed by atoms with Crippen molar-refractivity contribution in [3.63, 3.8) is 0 Å². The van der Waals surface area contributed by atoms with E-state index in [0.717, 1.165) is 6.42 Å². The summed E-state index contributed by atoms with van der Waals surface area (Å²) < 4.78 is 15.5. The highest BCUT2D eigenvalue weighted by Gasteiger charge is 2.33. The lowest BCUT2D eigenvalue weighted by atomic mass is 10.0. The first-order valence-electron chi connectivity index (χ1n) is 11.6. The van der Waals surface area contributed by atoms with Gasteiger partial charge in [-0.25, -0.2) is 9.07 Å². The molecule has 8 nitrogen and oxygen atoms in total. The number of para-hydroxylation sites is 1. The maximum atomic E-state index is 14.0. The van der Waals surface area contributed by atoms with Crippen molar-refractivity contribution < 1.29 is 14.0 Å². The van der Waals surface area contributed by atoms with Gasteiger partial charge >= 0.3 is 0 Å². The van der Waals surface area contributed by atoms with E-state index in [1.807, 2.05) is 12.1 Å². The van der Waals surface area contributed by atoms with E-state index in [1.165, 1.54) is 34.0 Å². The molecule has 0 aliphatic heterocycles. The largest absolute Gasteiger partial charge is 0.354 e. The molecule has 0 fully saturated rings. The number of halogens is 2. The van der Waals surface area contributed by atoms with Gasteiger partial charge in [-0.05, 0) is 48.7 Å². The monoisotopic (exact) mass is 508 g/mol. The van der Waals surface area contributed by atoms with Crippen molar-refractivity contribution in [3.8, 4) is 0 Å². The van der Waals surface area contributed by atoms with E-state index >= 15 is 0 Å². The van der Waals surface area contributed by atoms with Gasteiger partial charge in [-0.1, -0.05) is 48.9 Å². The second-order valence-corrected chi connectivity index (χ2v) is 9.17. The Morgan fingerprint density at radius 1 is 1.14 bits per heavy atom. The van der Waals surface area contributed by atoms with E-state index in [1.54, 1.807) is 30.5 Å². The number of nitrogens with zero attached hydrogens (tertiary/aromatic N) is 5. The van der Waals surface area contributed by atoms with Crippen LogP contribution in [-0.2, 0) is 16.1 Å². The van der Waals surface area contributed by atoms with Gasteiger partial charge in [0.15, 0.2) is 0 Å². The summed E-state index contributed by atoms with van der Waals surface area (Å²) in [6.45, 7) is 4.35. The van der Waals surface area contributed by atoms with Crippen LogP contribution >= 0.6 is 11.6 Å². The normalized spacial score (nSPS) is 12.0. The lowest BCUT2D eigenvalue weighted by molar-refractivity contribution is -0.127. The number of anilines is 1. The predicted molar refractivity (Wildman–Crippen MR) is 136 cm³/mol. The van der Waals surface area contributed by atoms with E-state index in [4.69, 9.17) is 11.6 Å². The van der Waals surface area contributed by atoms with Crippen LogP contribution in [0, 0.1) is 11.7 Å². The molecule has 0 radical (unpaired) electrons. The Morgan fingerprint density at radius 2 is 1.94 bits per heavy atom. The van der Waals surface area contributed by atoms with Crippen LogP contribution in [-0.4, -0.2) is 38.3 Å². The summed E-state index contributed by atoms with van der Waals surface area (Å²) in [4.78, 5) is 32.8. The Balaban J connectivity index is 1.77. The molecule has 1 atom stereocenters. The van der Waals surface area contributed by atoms with Crippen molar-refractivity contribution in [2.45, 2.75) is 32.9 Å². The van der Waals surface area contributed by atoms with Crippen LogP contribution in [0.4, 0.5) is 10.1 Å².